The third-order valence-electron chi connectivity index (χ3n) is 6.54. The summed E-state index contributed by atoms with van der Waals surface area (Å²) in [5.74, 6) is -1.92. The van der Waals surface area contributed by atoms with Crippen molar-refractivity contribution >= 4 is 0 Å². The number of aromatic nitrogens is 3. The van der Waals surface area contributed by atoms with E-state index in [1.807, 2.05) is 92.7 Å². The molecule has 0 saturated heterocycles. The molecule has 2 aromatic carbocycles. The number of halogens is 2. The van der Waals surface area contributed by atoms with E-state index in [4.69, 9.17) is 4.98 Å². The Morgan fingerprint density at radius 2 is 1.18 bits per heavy atom. The summed E-state index contributed by atoms with van der Waals surface area (Å²) in [7, 11) is 0. The fourth-order valence-corrected chi connectivity index (χ4v) is 4.41. The minimum absolute atomic E-state index is 0. The monoisotopic (exact) mass is 687 g/mol. The zero-order valence-corrected chi connectivity index (χ0v) is 22.9. The average molecular weight is 688 g/mol. The average Bonchev–Trinajstić information content (AvgIpc) is 2.94. The summed E-state index contributed by atoms with van der Waals surface area (Å²) in [6.45, 7) is 3.91. The van der Waals surface area contributed by atoms with Crippen LogP contribution in [0, 0.1) is 18.0 Å². The molecule has 7 heteroatoms. The first-order chi connectivity index (χ1) is 17.8. The number of hydrogen-bond donors (Lipinski definition) is 1. The van der Waals surface area contributed by atoms with Crippen LogP contribution in [-0.2, 0) is 32.1 Å². The summed E-state index contributed by atoms with van der Waals surface area (Å²) in [5, 5.41) is 12.2. The molecule has 194 valence electrons. The van der Waals surface area contributed by atoms with E-state index in [-0.39, 0.29) is 32.3 Å². The molecule has 0 aliphatic heterocycles. The first-order valence-electron chi connectivity index (χ1n) is 11.8. The molecule has 3 heterocycles. The molecule has 0 spiro atoms. The predicted molar refractivity (Wildman–Crippen MR) is 138 cm³/mol. The van der Waals surface area contributed by atoms with Crippen molar-refractivity contribution in [3.8, 4) is 11.3 Å². The van der Waals surface area contributed by atoms with E-state index in [0.717, 1.165) is 6.07 Å². The zero-order valence-electron chi connectivity index (χ0n) is 20.7. The van der Waals surface area contributed by atoms with Crippen molar-refractivity contribution in [1.82, 2.24) is 15.0 Å². The number of hydrogen-bond acceptors (Lipinski definition) is 4. The zero-order chi connectivity index (χ0) is 26.0. The molecular weight excluding hydrogens is 663 g/mol. The maximum absolute atomic E-state index is 14.3. The molecule has 0 unspecified atom stereocenters. The summed E-state index contributed by atoms with van der Waals surface area (Å²) in [4.78, 5) is 12.8. The van der Waals surface area contributed by atoms with Gasteiger partial charge in [-0.15, -0.1) is 6.07 Å². The van der Waals surface area contributed by atoms with Crippen LogP contribution in [0.1, 0.15) is 42.1 Å². The van der Waals surface area contributed by atoms with Gasteiger partial charge in [0, 0.05) is 32.2 Å². The molecule has 5 aromatic rings. The second kappa shape index (κ2) is 11.0. The quantitative estimate of drug-likeness (QED) is 0.170. The van der Waals surface area contributed by atoms with Gasteiger partial charge < -0.3 is 10.1 Å². The Kier molecular flexibility index (Phi) is 7.96. The third kappa shape index (κ3) is 5.07. The Balaban J connectivity index is 0.00000336. The van der Waals surface area contributed by atoms with Crippen molar-refractivity contribution in [3.05, 3.63) is 149 Å². The first-order valence-corrected chi connectivity index (χ1v) is 11.8. The van der Waals surface area contributed by atoms with Gasteiger partial charge in [-0.05, 0) is 48.9 Å². The first kappa shape index (κ1) is 27.4. The number of benzene rings is 2. The molecule has 0 aliphatic rings. The molecule has 0 aliphatic carbocycles. The Bertz CT molecular complexity index is 1510. The van der Waals surface area contributed by atoms with E-state index in [1.54, 1.807) is 18.2 Å². The van der Waals surface area contributed by atoms with Crippen molar-refractivity contribution in [2.24, 2.45) is 0 Å². The number of rotatable bonds is 6. The normalized spacial score (nSPS) is 11.6. The van der Waals surface area contributed by atoms with Crippen molar-refractivity contribution in [1.29, 1.82) is 0 Å². The van der Waals surface area contributed by atoms with Crippen LogP contribution >= 0.6 is 0 Å². The molecule has 0 fully saturated rings. The summed E-state index contributed by atoms with van der Waals surface area (Å²) < 4.78 is 27.6. The van der Waals surface area contributed by atoms with Crippen LogP contribution in [0.25, 0.3) is 11.3 Å². The minimum atomic E-state index is -1.48. The molecule has 0 amide bonds. The summed E-state index contributed by atoms with van der Waals surface area (Å²) >= 11 is 0. The van der Waals surface area contributed by atoms with Crippen LogP contribution in [0.4, 0.5) is 8.78 Å². The maximum Gasteiger partial charge on any atom is 0.157 e. The van der Waals surface area contributed by atoms with Gasteiger partial charge in [0.1, 0.15) is 11.9 Å². The van der Waals surface area contributed by atoms with E-state index in [1.165, 1.54) is 0 Å². The third-order valence-corrected chi connectivity index (χ3v) is 6.54. The Hall–Kier alpha value is -3.60. The molecular formula is C31H24F2N3OPt-. The topological polar surface area (TPSA) is 58.9 Å². The molecule has 38 heavy (non-hydrogen) atoms. The number of pyridine rings is 3. The van der Waals surface area contributed by atoms with E-state index < -0.39 is 22.9 Å². The van der Waals surface area contributed by atoms with Crippen LogP contribution in [0.5, 0.6) is 0 Å². The van der Waals surface area contributed by atoms with Gasteiger partial charge in [0.25, 0.3) is 0 Å². The van der Waals surface area contributed by atoms with Crippen LogP contribution in [0.3, 0.4) is 0 Å². The molecule has 0 bridgehead atoms. The van der Waals surface area contributed by atoms with Gasteiger partial charge >= 0.3 is 0 Å². The van der Waals surface area contributed by atoms with Gasteiger partial charge in [-0.25, -0.2) is 8.78 Å². The molecule has 5 rings (SSSR count). The largest absolute Gasteiger partial charge is 0.374 e. The molecule has 0 atom stereocenters. The number of aliphatic hydroxyl groups is 1. The molecule has 1 N–H and O–H groups in total. The van der Waals surface area contributed by atoms with Crippen LogP contribution in [0.15, 0.2) is 103 Å². The van der Waals surface area contributed by atoms with E-state index in [0.29, 0.717) is 28.2 Å². The predicted octanol–water partition coefficient (Wildman–Crippen LogP) is 6.22. The van der Waals surface area contributed by atoms with Crippen molar-refractivity contribution in [3.63, 3.8) is 0 Å². The van der Waals surface area contributed by atoms with Crippen LogP contribution < -0.4 is 0 Å². The fourth-order valence-electron chi connectivity index (χ4n) is 4.41. The van der Waals surface area contributed by atoms with Gasteiger partial charge in [-0.1, -0.05) is 90.5 Å². The Morgan fingerprint density at radius 3 is 1.76 bits per heavy atom. The van der Waals surface area contributed by atoms with Crippen molar-refractivity contribution in [2.45, 2.75) is 24.9 Å². The van der Waals surface area contributed by atoms with Crippen molar-refractivity contribution in [2.75, 3.05) is 0 Å². The van der Waals surface area contributed by atoms with E-state index in [9.17, 15) is 13.9 Å². The Labute approximate surface area is 234 Å². The maximum atomic E-state index is 14.3. The molecule has 0 radical (unpaired) electrons. The van der Waals surface area contributed by atoms with Crippen molar-refractivity contribution < 1.29 is 35.0 Å². The van der Waals surface area contributed by atoms with Gasteiger partial charge in [0.2, 0.25) is 0 Å². The van der Waals surface area contributed by atoms with E-state index >= 15 is 0 Å². The van der Waals surface area contributed by atoms with Crippen LogP contribution in [-0.4, -0.2) is 20.1 Å². The standard InChI is InChI=1S/C31H24F2N3O.Pt/c1-30(2,25-16-9-15-24(34-25)23-19-20-28(32)36-29(23)33)26-17-10-18-27(35-26)31(37,21-11-5-3-6-12-21)22-13-7-4-8-14-22;/h3-18,20,37H,1-2H3;/q-1;. The molecule has 3 aromatic heterocycles. The second-order valence-corrected chi connectivity index (χ2v) is 9.27. The van der Waals surface area contributed by atoms with Crippen LogP contribution in [0.2, 0.25) is 0 Å². The minimum Gasteiger partial charge on any atom is -0.374 e. The molecule has 0 saturated carbocycles. The van der Waals surface area contributed by atoms with Gasteiger partial charge in [-0.3, -0.25) is 9.97 Å². The summed E-state index contributed by atoms with van der Waals surface area (Å²) in [5.41, 5.74) is 1.22. The second-order valence-electron chi connectivity index (χ2n) is 9.27. The Morgan fingerprint density at radius 1 is 0.658 bits per heavy atom. The van der Waals surface area contributed by atoms with Gasteiger partial charge in [0.05, 0.1) is 11.4 Å². The molecule has 4 nitrogen and oxygen atoms in total. The summed E-state index contributed by atoms with van der Waals surface area (Å²) in [6.07, 6.45) is 0. The fraction of sp³-hybridized carbons (Fsp3) is 0.129. The SMILES string of the molecule is CC(C)(c1cccc(-c2[c-]cc(F)nc2F)n1)c1cccc(C(O)(c2ccccc2)c2ccccc2)n1.[Pt]. The number of nitrogens with zero attached hydrogens (tertiary/aromatic N) is 3. The van der Waals surface area contributed by atoms with Gasteiger partial charge in [-0.2, -0.15) is 0 Å². The smallest absolute Gasteiger partial charge is 0.157 e. The summed E-state index contributed by atoms with van der Waals surface area (Å²) in [6, 6.07) is 33.1. The van der Waals surface area contributed by atoms with E-state index in [2.05, 4.69) is 16.0 Å². The van der Waals surface area contributed by atoms with Gasteiger partial charge in [0.15, 0.2) is 5.60 Å².